The highest BCUT2D eigenvalue weighted by molar-refractivity contribution is 6.37. The van der Waals surface area contributed by atoms with E-state index in [1.165, 1.54) is 54.4 Å². The Balaban J connectivity index is 1.71. The molecule has 24 heavy (non-hydrogen) atoms. The lowest BCUT2D eigenvalue weighted by molar-refractivity contribution is -0.0399. The van der Waals surface area contributed by atoms with Gasteiger partial charge in [-0.1, -0.05) is 47.5 Å². The lowest BCUT2D eigenvalue weighted by atomic mass is 9.43. The summed E-state index contributed by atoms with van der Waals surface area (Å²) in [5, 5.41) is 1.62. The summed E-state index contributed by atoms with van der Waals surface area (Å²) in [6.45, 7) is 0. The second kappa shape index (κ2) is 4.59. The van der Waals surface area contributed by atoms with Crippen LogP contribution >= 0.6 is 23.2 Å². The first-order valence-electron chi connectivity index (χ1n) is 9.27. The van der Waals surface area contributed by atoms with Gasteiger partial charge in [0.25, 0.3) is 0 Å². The third-order valence-electron chi connectivity index (χ3n) is 7.57. The van der Waals surface area contributed by atoms with Crippen molar-refractivity contribution in [3.05, 3.63) is 57.6 Å². The molecule has 5 aliphatic rings. The summed E-state index contributed by atoms with van der Waals surface area (Å²) in [4.78, 5) is 0. The monoisotopic (exact) mass is 354 g/mol. The van der Waals surface area contributed by atoms with E-state index in [9.17, 15) is 0 Å². The molecule has 0 aromatic heterocycles. The topological polar surface area (TPSA) is 0 Å². The average molecular weight is 355 g/mol. The van der Waals surface area contributed by atoms with Crippen molar-refractivity contribution in [3.8, 4) is 11.1 Å². The molecule has 4 fully saturated rings. The molecule has 5 aliphatic carbocycles. The maximum atomic E-state index is 6.71. The van der Waals surface area contributed by atoms with Gasteiger partial charge >= 0.3 is 0 Å². The molecule has 4 saturated carbocycles. The first-order chi connectivity index (χ1) is 11.7. The fraction of sp³-hybridized carbons (Fsp3) is 0.455. The minimum atomic E-state index is 0.174. The van der Waals surface area contributed by atoms with Crippen molar-refractivity contribution < 1.29 is 0 Å². The molecule has 122 valence electrons. The van der Waals surface area contributed by atoms with E-state index in [1.54, 1.807) is 0 Å². The van der Waals surface area contributed by atoms with Gasteiger partial charge in [0.2, 0.25) is 0 Å². The molecule has 0 amide bonds. The Kier molecular flexibility index (Phi) is 2.72. The zero-order valence-corrected chi connectivity index (χ0v) is 15.1. The van der Waals surface area contributed by atoms with Crippen LogP contribution in [0.2, 0.25) is 10.0 Å². The second-order valence-corrected chi connectivity index (χ2v) is 9.37. The molecular formula is C22H20Cl2. The molecule has 0 saturated heterocycles. The fourth-order valence-electron chi connectivity index (χ4n) is 7.19. The molecule has 2 aromatic rings. The number of halogens is 2. The van der Waals surface area contributed by atoms with E-state index in [4.69, 9.17) is 23.2 Å². The molecule has 0 heterocycles. The van der Waals surface area contributed by atoms with Gasteiger partial charge < -0.3 is 0 Å². The molecule has 0 N–H and O–H groups in total. The van der Waals surface area contributed by atoms with Crippen LogP contribution in [0.5, 0.6) is 0 Å². The van der Waals surface area contributed by atoms with E-state index >= 15 is 0 Å². The molecular weight excluding hydrogens is 335 g/mol. The second-order valence-electron chi connectivity index (χ2n) is 8.53. The summed E-state index contributed by atoms with van der Waals surface area (Å²) in [5.41, 5.74) is 5.78. The van der Waals surface area contributed by atoms with Crippen molar-refractivity contribution >= 4 is 23.2 Å². The van der Waals surface area contributed by atoms with Gasteiger partial charge in [0.15, 0.2) is 0 Å². The summed E-state index contributed by atoms with van der Waals surface area (Å²) < 4.78 is 0. The molecule has 2 aromatic carbocycles. The summed E-state index contributed by atoms with van der Waals surface area (Å²) in [6.07, 6.45) is 7.06. The van der Waals surface area contributed by atoms with E-state index in [0.717, 1.165) is 33.7 Å². The zero-order valence-electron chi connectivity index (χ0n) is 13.6. The normalized spacial score (nSPS) is 37.8. The lowest BCUT2D eigenvalue weighted by Crippen LogP contribution is -2.55. The van der Waals surface area contributed by atoms with Gasteiger partial charge in [0, 0.05) is 16.0 Å². The Morgan fingerprint density at radius 2 is 1.46 bits per heavy atom. The van der Waals surface area contributed by atoms with Crippen LogP contribution in [-0.2, 0) is 5.41 Å². The van der Waals surface area contributed by atoms with Gasteiger partial charge in [-0.15, -0.1) is 0 Å². The first-order valence-corrected chi connectivity index (χ1v) is 10.0. The van der Waals surface area contributed by atoms with Gasteiger partial charge in [-0.2, -0.15) is 0 Å². The van der Waals surface area contributed by atoms with Crippen molar-refractivity contribution in [1.82, 2.24) is 0 Å². The summed E-state index contributed by atoms with van der Waals surface area (Å²) in [5.74, 6) is 3.46. The number of rotatable bonds is 0. The maximum absolute atomic E-state index is 6.71. The molecule has 0 aliphatic heterocycles. The number of benzene rings is 2. The largest absolute Gasteiger partial charge is 0.0843 e. The quantitative estimate of drug-likeness (QED) is 0.492. The van der Waals surface area contributed by atoms with E-state index in [1.807, 2.05) is 6.07 Å². The lowest BCUT2D eigenvalue weighted by Gasteiger charge is -2.61. The van der Waals surface area contributed by atoms with Gasteiger partial charge in [0.1, 0.15) is 0 Å². The molecule has 7 rings (SSSR count). The van der Waals surface area contributed by atoms with Crippen LogP contribution in [0.3, 0.4) is 0 Å². The summed E-state index contributed by atoms with van der Waals surface area (Å²) in [6, 6.07) is 13.2. The molecule has 0 atom stereocenters. The van der Waals surface area contributed by atoms with Gasteiger partial charge in [-0.25, -0.2) is 0 Å². The SMILES string of the molecule is Clc1cc(Cl)c2c(c1)C1(c3ccccc3-2)C2CC3CC(C2)CC1C3. The van der Waals surface area contributed by atoms with Crippen molar-refractivity contribution in [2.75, 3.05) is 0 Å². The predicted molar refractivity (Wildman–Crippen MR) is 99.7 cm³/mol. The van der Waals surface area contributed by atoms with Crippen LogP contribution in [0.4, 0.5) is 0 Å². The van der Waals surface area contributed by atoms with Gasteiger partial charge in [0.05, 0.1) is 5.02 Å². The first kappa shape index (κ1) is 14.2. The molecule has 4 bridgehead atoms. The smallest absolute Gasteiger partial charge is 0.0502 e. The molecule has 0 nitrogen and oxygen atoms in total. The highest BCUT2D eigenvalue weighted by Gasteiger charge is 2.61. The predicted octanol–water partition coefficient (Wildman–Crippen LogP) is 6.72. The molecule has 1 spiro atoms. The number of hydrogen-bond donors (Lipinski definition) is 0. The third-order valence-corrected chi connectivity index (χ3v) is 8.09. The van der Waals surface area contributed by atoms with Crippen molar-refractivity contribution in [2.45, 2.75) is 37.5 Å². The van der Waals surface area contributed by atoms with Crippen molar-refractivity contribution in [2.24, 2.45) is 23.7 Å². The maximum Gasteiger partial charge on any atom is 0.0502 e. The van der Waals surface area contributed by atoms with Crippen LogP contribution in [0.25, 0.3) is 11.1 Å². The Morgan fingerprint density at radius 1 is 0.792 bits per heavy atom. The number of hydrogen-bond acceptors (Lipinski definition) is 0. The van der Waals surface area contributed by atoms with Crippen LogP contribution in [0, 0.1) is 23.7 Å². The van der Waals surface area contributed by atoms with Crippen LogP contribution in [0.15, 0.2) is 36.4 Å². The Bertz CT molecular complexity index is 838. The molecule has 2 heteroatoms. The van der Waals surface area contributed by atoms with E-state index in [2.05, 4.69) is 30.3 Å². The highest BCUT2D eigenvalue weighted by atomic mass is 35.5. The standard InChI is InChI=1S/C22H20Cl2/c23-16-10-19-21(20(24)11-16)17-3-1-2-4-18(17)22(19)14-6-12-5-13(8-14)9-15(22)7-12/h1-4,10-15H,5-9H2. The zero-order chi connectivity index (χ0) is 16.1. The third kappa shape index (κ3) is 1.54. The van der Waals surface area contributed by atoms with Crippen LogP contribution in [-0.4, -0.2) is 0 Å². The Hall–Kier alpha value is -0.980. The Morgan fingerprint density at radius 3 is 2.17 bits per heavy atom. The van der Waals surface area contributed by atoms with Crippen LogP contribution in [0.1, 0.15) is 43.2 Å². The van der Waals surface area contributed by atoms with Gasteiger partial charge in [-0.05, 0) is 84.6 Å². The van der Waals surface area contributed by atoms with Crippen molar-refractivity contribution in [1.29, 1.82) is 0 Å². The minimum absolute atomic E-state index is 0.174. The van der Waals surface area contributed by atoms with Crippen molar-refractivity contribution in [3.63, 3.8) is 0 Å². The Labute approximate surface area is 153 Å². The minimum Gasteiger partial charge on any atom is -0.0843 e. The van der Waals surface area contributed by atoms with E-state index in [0.29, 0.717) is 0 Å². The fourth-order valence-corrected chi connectivity index (χ4v) is 7.78. The van der Waals surface area contributed by atoms with E-state index in [-0.39, 0.29) is 5.41 Å². The highest BCUT2D eigenvalue weighted by Crippen LogP contribution is 2.69. The van der Waals surface area contributed by atoms with Gasteiger partial charge in [-0.3, -0.25) is 0 Å². The average Bonchev–Trinajstić information content (AvgIpc) is 2.83. The summed E-state index contributed by atoms with van der Waals surface area (Å²) >= 11 is 13.2. The molecule has 0 radical (unpaired) electrons. The van der Waals surface area contributed by atoms with Crippen LogP contribution < -0.4 is 0 Å². The summed E-state index contributed by atoms with van der Waals surface area (Å²) in [7, 11) is 0. The van der Waals surface area contributed by atoms with E-state index < -0.39 is 0 Å². The molecule has 0 unspecified atom stereocenters. The number of fused-ring (bicyclic) bond motifs is 3.